The molecule has 0 aliphatic heterocycles. The van der Waals surface area contributed by atoms with Crippen LogP contribution in [0.25, 0.3) is 22.4 Å². The first-order chi connectivity index (χ1) is 10.3. The summed E-state index contributed by atoms with van der Waals surface area (Å²) in [4.78, 5) is 11.2. The number of aromatic nitrogens is 3. The molecule has 0 amide bonds. The fraction of sp³-hybridized carbons (Fsp3) is 0. The maximum Gasteiger partial charge on any atom is 0.122 e. The molecule has 0 aromatic carbocycles. The van der Waals surface area contributed by atoms with Crippen LogP contribution in [0.5, 0.6) is 0 Å². The average Bonchev–Trinajstić information content (AvgIpc) is 2.55. The van der Waals surface area contributed by atoms with Gasteiger partial charge in [-0.05, 0) is 35.9 Å². The highest BCUT2D eigenvalue weighted by Crippen LogP contribution is 2.27. The van der Waals surface area contributed by atoms with Crippen molar-refractivity contribution in [2.75, 3.05) is 0 Å². The second kappa shape index (κ2) is 5.65. The standard InChI is InChI=1S/C16H10N4S/c17-9-14-13(11-3-6-18-7-4-11)8-15(20-16(14)21)12-2-1-5-19-10-12/h1-8,10H,(H,20,21). The summed E-state index contributed by atoms with van der Waals surface area (Å²) in [5.41, 5.74) is 3.92. The Hall–Kier alpha value is -2.84. The van der Waals surface area contributed by atoms with Crippen LogP contribution in [-0.2, 0) is 0 Å². The van der Waals surface area contributed by atoms with Crippen molar-refractivity contribution in [1.82, 2.24) is 15.0 Å². The molecule has 0 radical (unpaired) electrons. The Morgan fingerprint density at radius 1 is 1.05 bits per heavy atom. The number of nitrogens with one attached hydrogen (secondary N) is 1. The first-order valence-corrected chi connectivity index (χ1v) is 6.68. The van der Waals surface area contributed by atoms with Crippen LogP contribution in [0.15, 0.2) is 55.1 Å². The summed E-state index contributed by atoms with van der Waals surface area (Å²) in [5.74, 6) is 0. The van der Waals surface area contributed by atoms with E-state index in [1.54, 1.807) is 24.8 Å². The van der Waals surface area contributed by atoms with Crippen molar-refractivity contribution in [3.8, 4) is 28.5 Å². The molecule has 0 aliphatic carbocycles. The van der Waals surface area contributed by atoms with Crippen molar-refractivity contribution >= 4 is 12.2 Å². The van der Waals surface area contributed by atoms with E-state index in [0.29, 0.717) is 10.2 Å². The molecule has 100 valence electrons. The first kappa shape index (κ1) is 13.2. The Morgan fingerprint density at radius 3 is 2.52 bits per heavy atom. The summed E-state index contributed by atoms with van der Waals surface area (Å²) < 4.78 is 0.422. The summed E-state index contributed by atoms with van der Waals surface area (Å²) in [6, 6.07) is 11.6. The zero-order chi connectivity index (χ0) is 14.7. The van der Waals surface area contributed by atoms with E-state index in [9.17, 15) is 5.26 Å². The molecule has 0 saturated heterocycles. The van der Waals surface area contributed by atoms with Crippen LogP contribution in [0.1, 0.15) is 5.56 Å². The molecule has 5 heteroatoms. The first-order valence-electron chi connectivity index (χ1n) is 6.28. The number of rotatable bonds is 2. The minimum absolute atomic E-state index is 0.422. The van der Waals surface area contributed by atoms with Gasteiger partial charge in [-0.15, -0.1) is 0 Å². The molecule has 0 saturated carbocycles. The summed E-state index contributed by atoms with van der Waals surface area (Å²) in [5, 5.41) is 9.36. The van der Waals surface area contributed by atoms with E-state index < -0.39 is 0 Å². The Bertz CT molecular complexity index is 864. The molecular formula is C16H10N4S. The van der Waals surface area contributed by atoms with E-state index in [0.717, 1.165) is 22.4 Å². The number of aromatic amines is 1. The Balaban J connectivity index is 2.27. The molecular weight excluding hydrogens is 280 g/mol. The second-order valence-electron chi connectivity index (χ2n) is 4.39. The molecule has 0 atom stereocenters. The fourth-order valence-corrected chi connectivity index (χ4v) is 2.37. The molecule has 0 fully saturated rings. The second-order valence-corrected chi connectivity index (χ2v) is 4.80. The molecule has 0 spiro atoms. The number of pyridine rings is 3. The van der Waals surface area contributed by atoms with Crippen LogP contribution in [-0.4, -0.2) is 15.0 Å². The highest BCUT2D eigenvalue weighted by molar-refractivity contribution is 7.71. The quantitative estimate of drug-likeness (QED) is 0.730. The van der Waals surface area contributed by atoms with Crippen LogP contribution in [0.2, 0.25) is 0 Å². The third kappa shape index (κ3) is 2.57. The van der Waals surface area contributed by atoms with E-state index in [-0.39, 0.29) is 0 Å². The normalized spacial score (nSPS) is 10.0. The maximum atomic E-state index is 9.36. The van der Waals surface area contributed by atoms with Crippen molar-refractivity contribution in [2.24, 2.45) is 0 Å². The third-order valence-corrected chi connectivity index (χ3v) is 3.42. The number of hydrogen-bond acceptors (Lipinski definition) is 4. The van der Waals surface area contributed by atoms with Crippen molar-refractivity contribution < 1.29 is 0 Å². The lowest BCUT2D eigenvalue weighted by Gasteiger charge is -2.08. The molecule has 21 heavy (non-hydrogen) atoms. The molecule has 0 aliphatic rings. The third-order valence-electron chi connectivity index (χ3n) is 3.11. The van der Waals surface area contributed by atoms with Crippen LogP contribution >= 0.6 is 12.2 Å². The number of nitrogens with zero attached hydrogens (tertiary/aromatic N) is 3. The maximum absolute atomic E-state index is 9.36. The van der Waals surface area contributed by atoms with Gasteiger partial charge in [0.05, 0.1) is 5.56 Å². The zero-order valence-corrected chi connectivity index (χ0v) is 11.8. The van der Waals surface area contributed by atoms with Gasteiger partial charge in [0.1, 0.15) is 10.7 Å². The SMILES string of the molecule is N#Cc1c(-c2ccncc2)cc(-c2cccnc2)[nH]c1=S. The van der Waals surface area contributed by atoms with Gasteiger partial charge in [-0.1, -0.05) is 12.2 Å². The van der Waals surface area contributed by atoms with Gasteiger partial charge in [-0.2, -0.15) is 5.26 Å². The predicted octanol–water partition coefficient (Wildman–Crippen LogP) is 3.74. The van der Waals surface area contributed by atoms with E-state index >= 15 is 0 Å². The summed E-state index contributed by atoms with van der Waals surface area (Å²) >= 11 is 5.31. The molecule has 3 heterocycles. The lowest BCUT2D eigenvalue weighted by Crippen LogP contribution is -1.93. The van der Waals surface area contributed by atoms with Gasteiger partial charge in [-0.25, -0.2) is 0 Å². The van der Waals surface area contributed by atoms with Crippen molar-refractivity contribution in [2.45, 2.75) is 0 Å². The van der Waals surface area contributed by atoms with Crippen molar-refractivity contribution in [3.63, 3.8) is 0 Å². The van der Waals surface area contributed by atoms with Gasteiger partial charge in [-0.3, -0.25) is 9.97 Å². The van der Waals surface area contributed by atoms with Gasteiger partial charge in [0, 0.05) is 41.6 Å². The predicted molar refractivity (Wildman–Crippen MR) is 82.8 cm³/mol. The molecule has 0 unspecified atom stereocenters. The van der Waals surface area contributed by atoms with Gasteiger partial charge in [0.25, 0.3) is 0 Å². The molecule has 3 aromatic heterocycles. The Labute approximate surface area is 126 Å². The monoisotopic (exact) mass is 290 g/mol. The number of H-pyrrole nitrogens is 1. The lowest BCUT2D eigenvalue weighted by molar-refractivity contribution is 1.25. The number of nitriles is 1. The molecule has 4 nitrogen and oxygen atoms in total. The van der Waals surface area contributed by atoms with Gasteiger partial charge in [0.2, 0.25) is 0 Å². The van der Waals surface area contributed by atoms with E-state index in [1.165, 1.54) is 0 Å². The van der Waals surface area contributed by atoms with E-state index in [2.05, 4.69) is 21.0 Å². The van der Waals surface area contributed by atoms with Crippen LogP contribution < -0.4 is 0 Å². The highest BCUT2D eigenvalue weighted by atomic mass is 32.1. The van der Waals surface area contributed by atoms with Crippen LogP contribution in [0, 0.1) is 16.0 Å². The minimum atomic E-state index is 0.422. The molecule has 0 bridgehead atoms. The van der Waals surface area contributed by atoms with Gasteiger partial charge in [0.15, 0.2) is 0 Å². The van der Waals surface area contributed by atoms with Crippen LogP contribution in [0.3, 0.4) is 0 Å². The molecule has 3 aromatic rings. The number of hydrogen-bond donors (Lipinski definition) is 1. The van der Waals surface area contributed by atoms with Crippen molar-refractivity contribution in [3.05, 3.63) is 65.3 Å². The smallest absolute Gasteiger partial charge is 0.122 e. The topological polar surface area (TPSA) is 65.4 Å². The van der Waals surface area contributed by atoms with E-state index in [1.807, 2.05) is 30.3 Å². The summed E-state index contributed by atoms with van der Waals surface area (Å²) in [7, 11) is 0. The summed E-state index contributed by atoms with van der Waals surface area (Å²) in [6.45, 7) is 0. The molecule has 3 rings (SSSR count). The van der Waals surface area contributed by atoms with E-state index in [4.69, 9.17) is 12.2 Å². The van der Waals surface area contributed by atoms with Crippen molar-refractivity contribution in [1.29, 1.82) is 5.26 Å². The Morgan fingerprint density at radius 2 is 1.86 bits per heavy atom. The van der Waals surface area contributed by atoms with Crippen LogP contribution in [0.4, 0.5) is 0 Å². The zero-order valence-electron chi connectivity index (χ0n) is 10.9. The largest absolute Gasteiger partial charge is 0.345 e. The van der Waals surface area contributed by atoms with Gasteiger partial charge >= 0.3 is 0 Å². The highest BCUT2D eigenvalue weighted by Gasteiger charge is 2.10. The lowest BCUT2D eigenvalue weighted by atomic mass is 10.0. The molecule has 1 N–H and O–H groups in total. The minimum Gasteiger partial charge on any atom is -0.345 e. The van der Waals surface area contributed by atoms with Gasteiger partial charge < -0.3 is 4.98 Å². The fourth-order valence-electron chi connectivity index (χ4n) is 2.11. The average molecular weight is 290 g/mol. The summed E-state index contributed by atoms with van der Waals surface area (Å²) in [6.07, 6.45) is 6.86. The Kier molecular flexibility index (Phi) is 3.54.